The SMILES string of the molecule is CCOc1cc(/C=C2/C(=N)N3N=C(C(F)(F)F)SC3=NC2=O)ccc1OCc1ccccc1. The molecule has 1 amide bonds. The second kappa shape index (κ2) is 9.10. The summed E-state index contributed by atoms with van der Waals surface area (Å²) in [4.78, 5) is 16.1. The number of hydrazone groups is 1. The molecule has 2 heterocycles. The molecule has 11 heteroatoms. The zero-order chi connectivity index (χ0) is 23.6. The Labute approximate surface area is 191 Å². The molecular weight excluding hydrogens is 457 g/mol. The lowest BCUT2D eigenvalue weighted by Crippen LogP contribution is -2.35. The number of fused-ring (bicyclic) bond motifs is 1. The Kier molecular flexibility index (Phi) is 6.23. The Morgan fingerprint density at radius 1 is 1.12 bits per heavy atom. The second-order valence-electron chi connectivity index (χ2n) is 6.84. The summed E-state index contributed by atoms with van der Waals surface area (Å²) >= 11 is 0.207. The molecule has 0 aromatic heterocycles. The third-order valence-electron chi connectivity index (χ3n) is 4.51. The molecule has 170 valence electrons. The maximum absolute atomic E-state index is 13.0. The summed E-state index contributed by atoms with van der Waals surface area (Å²) in [5, 5.41) is 10.8. The van der Waals surface area contributed by atoms with Gasteiger partial charge in [0.15, 0.2) is 17.3 Å². The zero-order valence-corrected chi connectivity index (χ0v) is 18.0. The first-order valence-corrected chi connectivity index (χ1v) is 10.6. The van der Waals surface area contributed by atoms with E-state index < -0.39 is 23.0 Å². The van der Waals surface area contributed by atoms with Crippen molar-refractivity contribution in [3.63, 3.8) is 0 Å². The van der Waals surface area contributed by atoms with E-state index in [0.717, 1.165) is 5.56 Å². The van der Waals surface area contributed by atoms with Crippen LogP contribution in [0.25, 0.3) is 6.08 Å². The smallest absolute Gasteiger partial charge is 0.441 e. The predicted octanol–water partition coefficient (Wildman–Crippen LogP) is 4.85. The van der Waals surface area contributed by atoms with Gasteiger partial charge in [0, 0.05) is 0 Å². The molecule has 1 N–H and O–H groups in total. The van der Waals surface area contributed by atoms with Crippen LogP contribution in [-0.2, 0) is 11.4 Å². The number of amides is 1. The average Bonchev–Trinajstić information content (AvgIpc) is 3.22. The number of ether oxygens (including phenoxy) is 2. The average molecular weight is 474 g/mol. The highest BCUT2D eigenvalue weighted by molar-refractivity contribution is 8.27. The molecule has 2 aromatic rings. The fourth-order valence-corrected chi connectivity index (χ4v) is 3.77. The normalized spacial score (nSPS) is 17.1. The van der Waals surface area contributed by atoms with Crippen molar-refractivity contribution in [1.29, 1.82) is 5.41 Å². The summed E-state index contributed by atoms with van der Waals surface area (Å²) in [5.74, 6) is -0.390. The summed E-state index contributed by atoms with van der Waals surface area (Å²) in [5.41, 5.74) is 1.28. The van der Waals surface area contributed by atoms with E-state index in [2.05, 4.69) is 10.1 Å². The molecule has 0 bridgehead atoms. The van der Waals surface area contributed by atoms with Crippen LogP contribution in [0.1, 0.15) is 18.1 Å². The summed E-state index contributed by atoms with van der Waals surface area (Å²) in [7, 11) is 0. The molecule has 0 aliphatic carbocycles. The van der Waals surface area contributed by atoms with E-state index in [0.29, 0.717) is 35.3 Å². The third-order valence-corrected chi connectivity index (χ3v) is 5.47. The van der Waals surface area contributed by atoms with E-state index in [9.17, 15) is 18.0 Å². The number of benzene rings is 2. The fraction of sp³-hybridized carbons (Fsp3) is 0.182. The lowest BCUT2D eigenvalue weighted by molar-refractivity contribution is -0.114. The maximum atomic E-state index is 13.0. The lowest BCUT2D eigenvalue weighted by atomic mass is 10.1. The Morgan fingerprint density at radius 2 is 1.88 bits per heavy atom. The Bertz CT molecular complexity index is 1190. The number of carbonyl (C=O) groups is 1. The van der Waals surface area contributed by atoms with Gasteiger partial charge >= 0.3 is 6.18 Å². The quantitative estimate of drug-likeness (QED) is 0.605. The van der Waals surface area contributed by atoms with Gasteiger partial charge in [-0.2, -0.15) is 28.3 Å². The second-order valence-corrected chi connectivity index (χ2v) is 7.79. The number of halogens is 3. The molecule has 2 aromatic carbocycles. The van der Waals surface area contributed by atoms with Crippen molar-refractivity contribution in [3.05, 3.63) is 65.2 Å². The van der Waals surface area contributed by atoms with Crippen LogP contribution in [0.2, 0.25) is 0 Å². The molecule has 0 atom stereocenters. The molecule has 2 aliphatic rings. The van der Waals surface area contributed by atoms with Gasteiger partial charge in [-0.25, -0.2) is 0 Å². The lowest BCUT2D eigenvalue weighted by Gasteiger charge is -2.20. The number of carbonyl (C=O) groups excluding carboxylic acids is 1. The standard InChI is InChI=1S/C22H17F3N4O3S/c1-2-31-17-11-14(8-9-16(17)32-12-13-6-4-3-5-7-13)10-15-18(26)29-21(27-19(15)30)33-20(28-29)22(23,24)25/h3-11,26H,2,12H2,1H3/b15-10-,26-18?. The van der Waals surface area contributed by atoms with Gasteiger partial charge in [-0.1, -0.05) is 36.4 Å². The molecule has 33 heavy (non-hydrogen) atoms. The Morgan fingerprint density at radius 3 is 2.58 bits per heavy atom. The first-order chi connectivity index (χ1) is 15.8. The van der Waals surface area contributed by atoms with Gasteiger partial charge in [-0.15, -0.1) is 0 Å². The minimum atomic E-state index is -4.69. The van der Waals surface area contributed by atoms with Crippen LogP contribution in [0.5, 0.6) is 11.5 Å². The number of alkyl halides is 3. The molecule has 0 unspecified atom stereocenters. The number of nitrogens with one attached hydrogen (secondary N) is 1. The number of nitrogens with zero attached hydrogens (tertiary/aromatic N) is 3. The number of amidine groups is 2. The molecule has 0 saturated heterocycles. The summed E-state index contributed by atoms with van der Waals surface area (Å²) in [6.45, 7) is 2.50. The molecule has 0 spiro atoms. The van der Waals surface area contributed by atoms with E-state index in [-0.39, 0.29) is 22.5 Å². The number of hydrogen-bond acceptors (Lipinski definition) is 6. The monoisotopic (exact) mass is 474 g/mol. The van der Waals surface area contributed by atoms with Gasteiger partial charge in [-0.3, -0.25) is 10.2 Å². The highest BCUT2D eigenvalue weighted by Crippen LogP contribution is 2.36. The maximum Gasteiger partial charge on any atom is 0.441 e. The van der Waals surface area contributed by atoms with E-state index in [1.807, 2.05) is 37.3 Å². The summed E-state index contributed by atoms with van der Waals surface area (Å²) in [6, 6.07) is 14.5. The van der Waals surface area contributed by atoms with Gasteiger partial charge < -0.3 is 9.47 Å². The Balaban J connectivity index is 1.59. The van der Waals surface area contributed by atoms with Crippen LogP contribution in [0.3, 0.4) is 0 Å². The first-order valence-electron chi connectivity index (χ1n) is 9.77. The van der Waals surface area contributed by atoms with Crippen molar-refractivity contribution < 1.29 is 27.4 Å². The van der Waals surface area contributed by atoms with Crippen LogP contribution < -0.4 is 9.47 Å². The molecule has 4 rings (SSSR count). The van der Waals surface area contributed by atoms with Gasteiger partial charge in [0.25, 0.3) is 5.91 Å². The van der Waals surface area contributed by atoms with Crippen molar-refractivity contribution in [2.45, 2.75) is 19.7 Å². The third kappa shape index (κ3) is 4.92. The minimum absolute atomic E-state index is 0.188. The predicted molar refractivity (Wildman–Crippen MR) is 119 cm³/mol. The van der Waals surface area contributed by atoms with Crippen molar-refractivity contribution >= 4 is 39.8 Å². The first kappa shape index (κ1) is 22.6. The van der Waals surface area contributed by atoms with Crippen molar-refractivity contribution in [2.24, 2.45) is 10.1 Å². The van der Waals surface area contributed by atoms with Crippen molar-refractivity contribution in [3.8, 4) is 11.5 Å². The number of thioether (sulfide) groups is 1. The minimum Gasteiger partial charge on any atom is -0.490 e. The topological polar surface area (TPSA) is 87.3 Å². The van der Waals surface area contributed by atoms with Gasteiger partial charge in [0.05, 0.1) is 12.2 Å². The molecule has 7 nitrogen and oxygen atoms in total. The fourth-order valence-electron chi connectivity index (χ4n) is 3.01. The molecule has 0 radical (unpaired) electrons. The zero-order valence-electron chi connectivity index (χ0n) is 17.2. The van der Waals surface area contributed by atoms with Gasteiger partial charge in [-0.05, 0) is 48.0 Å². The molecule has 0 fully saturated rings. The number of rotatable bonds is 6. The van der Waals surface area contributed by atoms with Crippen molar-refractivity contribution in [2.75, 3.05) is 6.61 Å². The van der Waals surface area contributed by atoms with E-state index in [1.165, 1.54) is 6.08 Å². The van der Waals surface area contributed by atoms with Crippen LogP contribution in [-0.4, -0.2) is 39.7 Å². The van der Waals surface area contributed by atoms with Crippen LogP contribution in [0.4, 0.5) is 13.2 Å². The van der Waals surface area contributed by atoms with E-state index >= 15 is 0 Å². The molecular formula is C22H17F3N4O3S. The van der Waals surface area contributed by atoms with Crippen LogP contribution in [0, 0.1) is 5.41 Å². The Hall–Kier alpha value is -3.60. The van der Waals surface area contributed by atoms with Crippen LogP contribution >= 0.6 is 11.8 Å². The van der Waals surface area contributed by atoms with Gasteiger partial charge in [0.2, 0.25) is 10.2 Å². The number of hydrogen-bond donors (Lipinski definition) is 1. The molecule has 0 saturated carbocycles. The molecule has 2 aliphatic heterocycles. The highest BCUT2D eigenvalue weighted by Gasteiger charge is 2.46. The highest BCUT2D eigenvalue weighted by atomic mass is 32.2. The van der Waals surface area contributed by atoms with Crippen molar-refractivity contribution in [1.82, 2.24) is 5.01 Å². The van der Waals surface area contributed by atoms with E-state index in [1.54, 1.807) is 18.2 Å². The number of aliphatic imine (C=N–C) groups is 1. The van der Waals surface area contributed by atoms with Gasteiger partial charge in [0.1, 0.15) is 6.61 Å². The summed E-state index contributed by atoms with van der Waals surface area (Å²) in [6.07, 6.45) is -3.33. The largest absolute Gasteiger partial charge is 0.490 e. The van der Waals surface area contributed by atoms with E-state index in [4.69, 9.17) is 14.9 Å². The van der Waals surface area contributed by atoms with Crippen LogP contribution in [0.15, 0.2) is 64.2 Å². The summed E-state index contributed by atoms with van der Waals surface area (Å²) < 4.78 is 50.4.